The summed E-state index contributed by atoms with van der Waals surface area (Å²) in [5.74, 6) is 0.791. The lowest BCUT2D eigenvalue weighted by Gasteiger charge is -2.37. The van der Waals surface area contributed by atoms with Crippen LogP contribution in [0.25, 0.3) is 0 Å². The van der Waals surface area contributed by atoms with Crippen molar-refractivity contribution in [1.29, 1.82) is 0 Å². The van der Waals surface area contributed by atoms with E-state index in [0.717, 1.165) is 38.8 Å². The zero-order chi connectivity index (χ0) is 11.4. The Bertz CT molecular complexity index is 238. The summed E-state index contributed by atoms with van der Waals surface area (Å²) in [7, 11) is 0. The number of hydrogen-bond acceptors (Lipinski definition) is 3. The molecular weight excluding hydrogens is 202 g/mol. The van der Waals surface area contributed by atoms with Gasteiger partial charge in [-0.25, -0.2) is 0 Å². The first-order chi connectivity index (χ1) is 7.81. The van der Waals surface area contributed by atoms with Gasteiger partial charge in [-0.1, -0.05) is 6.42 Å². The van der Waals surface area contributed by atoms with Gasteiger partial charge in [0.15, 0.2) is 0 Å². The third-order valence-electron chi connectivity index (χ3n) is 4.17. The van der Waals surface area contributed by atoms with E-state index in [9.17, 15) is 4.79 Å². The van der Waals surface area contributed by atoms with E-state index in [1.807, 2.05) is 0 Å². The monoisotopic (exact) mass is 225 g/mol. The molecule has 92 valence electrons. The molecule has 1 unspecified atom stereocenters. The van der Waals surface area contributed by atoms with Gasteiger partial charge in [0, 0.05) is 24.9 Å². The minimum atomic E-state index is 0.245. The lowest BCUT2D eigenvalue weighted by atomic mass is 9.90. The number of Topliss-reactive ketones (excluding diaryl/α,β-unsaturated/α-hetero) is 1. The summed E-state index contributed by atoms with van der Waals surface area (Å²) >= 11 is 0. The highest BCUT2D eigenvalue weighted by molar-refractivity contribution is 5.82. The second-order valence-corrected chi connectivity index (χ2v) is 5.19. The van der Waals surface area contributed by atoms with E-state index in [0.29, 0.717) is 17.7 Å². The molecule has 3 nitrogen and oxygen atoms in total. The van der Waals surface area contributed by atoms with E-state index in [1.165, 1.54) is 19.3 Å². The second kappa shape index (κ2) is 5.78. The van der Waals surface area contributed by atoms with E-state index >= 15 is 0 Å². The number of rotatable bonds is 6. The van der Waals surface area contributed by atoms with Gasteiger partial charge in [-0.15, -0.1) is 0 Å². The largest absolute Gasteiger partial charge is 0.395 e. The van der Waals surface area contributed by atoms with E-state index in [2.05, 4.69) is 4.90 Å². The molecule has 0 spiro atoms. The lowest BCUT2D eigenvalue weighted by molar-refractivity contribution is -0.121. The van der Waals surface area contributed by atoms with Crippen molar-refractivity contribution in [1.82, 2.24) is 4.90 Å². The van der Waals surface area contributed by atoms with Crippen LogP contribution in [0.15, 0.2) is 0 Å². The Balaban J connectivity index is 1.74. The number of carbonyl (C=O) groups is 1. The molecule has 0 bridgehead atoms. The highest BCUT2D eigenvalue weighted by Crippen LogP contribution is 2.28. The van der Waals surface area contributed by atoms with Crippen molar-refractivity contribution >= 4 is 5.78 Å². The fourth-order valence-electron chi connectivity index (χ4n) is 2.87. The van der Waals surface area contributed by atoms with Gasteiger partial charge in [-0.3, -0.25) is 9.69 Å². The van der Waals surface area contributed by atoms with Crippen LogP contribution in [0.1, 0.15) is 44.9 Å². The Labute approximate surface area is 97.8 Å². The molecule has 3 heteroatoms. The summed E-state index contributed by atoms with van der Waals surface area (Å²) in [6, 6.07) is 0.684. The molecule has 2 saturated carbocycles. The van der Waals surface area contributed by atoms with Gasteiger partial charge in [0.2, 0.25) is 0 Å². The molecule has 16 heavy (non-hydrogen) atoms. The van der Waals surface area contributed by atoms with Crippen molar-refractivity contribution in [2.75, 3.05) is 19.7 Å². The minimum Gasteiger partial charge on any atom is -0.395 e. The normalized spacial score (nSPS) is 26.4. The predicted octanol–water partition coefficient (Wildman–Crippen LogP) is 1.59. The van der Waals surface area contributed by atoms with Crippen molar-refractivity contribution in [3.63, 3.8) is 0 Å². The van der Waals surface area contributed by atoms with Crippen LogP contribution in [0, 0.1) is 5.92 Å². The molecule has 0 radical (unpaired) electrons. The van der Waals surface area contributed by atoms with Crippen LogP contribution in [0.3, 0.4) is 0 Å². The van der Waals surface area contributed by atoms with Gasteiger partial charge < -0.3 is 5.11 Å². The Kier molecular flexibility index (Phi) is 4.36. The number of aliphatic hydroxyl groups is 1. The number of ketones is 1. The number of carbonyl (C=O) groups excluding carboxylic acids is 1. The lowest BCUT2D eigenvalue weighted by Crippen LogP contribution is -2.42. The summed E-state index contributed by atoms with van der Waals surface area (Å²) < 4.78 is 0. The van der Waals surface area contributed by atoms with E-state index in [1.54, 1.807) is 0 Å². The van der Waals surface area contributed by atoms with Gasteiger partial charge in [0.05, 0.1) is 6.61 Å². The molecule has 0 aromatic heterocycles. The summed E-state index contributed by atoms with van der Waals surface area (Å²) in [6.07, 6.45) is 7.87. The molecule has 1 atom stereocenters. The van der Waals surface area contributed by atoms with Crippen LogP contribution in [-0.4, -0.2) is 41.5 Å². The fraction of sp³-hybridized carbons (Fsp3) is 0.923. The summed E-state index contributed by atoms with van der Waals surface area (Å²) in [6.45, 7) is 2.03. The standard InChI is InChI=1S/C13H23NO2/c15-10-9-14(12-4-2-5-12)8-7-11-3-1-6-13(11)16/h11-12,15H,1-10H2. The first-order valence-corrected chi connectivity index (χ1v) is 6.69. The Morgan fingerprint density at radius 3 is 2.50 bits per heavy atom. The van der Waals surface area contributed by atoms with Crippen LogP contribution in [-0.2, 0) is 4.79 Å². The third kappa shape index (κ3) is 2.83. The zero-order valence-electron chi connectivity index (χ0n) is 10.0. The van der Waals surface area contributed by atoms with E-state index in [4.69, 9.17) is 5.11 Å². The van der Waals surface area contributed by atoms with Crippen molar-refractivity contribution in [2.24, 2.45) is 5.92 Å². The van der Waals surface area contributed by atoms with Crippen LogP contribution in [0.4, 0.5) is 0 Å². The summed E-state index contributed by atoms with van der Waals surface area (Å²) in [5, 5.41) is 9.04. The third-order valence-corrected chi connectivity index (χ3v) is 4.17. The number of nitrogens with zero attached hydrogens (tertiary/aromatic N) is 1. The highest BCUT2D eigenvalue weighted by atomic mass is 16.3. The molecule has 2 fully saturated rings. The second-order valence-electron chi connectivity index (χ2n) is 5.19. The van der Waals surface area contributed by atoms with Crippen molar-refractivity contribution < 1.29 is 9.90 Å². The Morgan fingerprint density at radius 1 is 1.19 bits per heavy atom. The smallest absolute Gasteiger partial charge is 0.136 e. The van der Waals surface area contributed by atoms with Crippen molar-refractivity contribution in [3.8, 4) is 0 Å². The van der Waals surface area contributed by atoms with E-state index < -0.39 is 0 Å². The maximum Gasteiger partial charge on any atom is 0.136 e. The Hall–Kier alpha value is -0.410. The van der Waals surface area contributed by atoms with Gasteiger partial charge in [-0.2, -0.15) is 0 Å². The van der Waals surface area contributed by atoms with Crippen molar-refractivity contribution in [2.45, 2.75) is 51.0 Å². The molecule has 0 heterocycles. The molecule has 0 aromatic rings. The molecule has 0 aromatic carbocycles. The predicted molar refractivity (Wildman–Crippen MR) is 63.3 cm³/mol. The molecular formula is C13H23NO2. The average Bonchev–Trinajstić information content (AvgIpc) is 2.58. The average molecular weight is 225 g/mol. The van der Waals surface area contributed by atoms with Crippen LogP contribution >= 0.6 is 0 Å². The zero-order valence-corrected chi connectivity index (χ0v) is 10.0. The maximum absolute atomic E-state index is 11.5. The number of hydrogen-bond donors (Lipinski definition) is 1. The molecule has 2 aliphatic rings. The molecule has 1 N–H and O–H groups in total. The van der Waals surface area contributed by atoms with Gasteiger partial charge >= 0.3 is 0 Å². The van der Waals surface area contributed by atoms with Crippen LogP contribution in [0.5, 0.6) is 0 Å². The first kappa shape index (κ1) is 12.1. The van der Waals surface area contributed by atoms with Crippen LogP contribution in [0.2, 0.25) is 0 Å². The fourth-order valence-corrected chi connectivity index (χ4v) is 2.87. The SMILES string of the molecule is O=C1CCCC1CCN(CCO)C1CCC1. The topological polar surface area (TPSA) is 40.5 Å². The van der Waals surface area contributed by atoms with Crippen molar-refractivity contribution in [3.05, 3.63) is 0 Å². The number of aliphatic hydroxyl groups excluding tert-OH is 1. The molecule has 0 saturated heterocycles. The van der Waals surface area contributed by atoms with E-state index in [-0.39, 0.29) is 6.61 Å². The van der Waals surface area contributed by atoms with Crippen LogP contribution < -0.4 is 0 Å². The summed E-state index contributed by atoms with van der Waals surface area (Å²) in [4.78, 5) is 13.9. The first-order valence-electron chi connectivity index (χ1n) is 6.69. The maximum atomic E-state index is 11.5. The molecule has 2 aliphatic carbocycles. The van der Waals surface area contributed by atoms with Gasteiger partial charge in [-0.05, 0) is 38.6 Å². The summed E-state index contributed by atoms with van der Waals surface area (Å²) in [5.41, 5.74) is 0. The Morgan fingerprint density at radius 2 is 2.00 bits per heavy atom. The minimum absolute atomic E-state index is 0.245. The van der Waals surface area contributed by atoms with Gasteiger partial charge in [0.1, 0.15) is 5.78 Å². The molecule has 0 aliphatic heterocycles. The molecule has 2 rings (SSSR count). The highest BCUT2D eigenvalue weighted by Gasteiger charge is 2.28. The quantitative estimate of drug-likeness (QED) is 0.746. The molecule has 0 amide bonds. The van der Waals surface area contributed by atoms with Gasteiger partial charge in [0.25, 0.3) is 0 Å².